The molecule has 0 radical (unpaired) electrons. The summed E-state index contributed by atoms with van der Waals surface area (Å²) in [5.41, 5.74) is 2.73. The van der Waals surface area contributed by atoms with Crippen LogP contribution in [0.25, 0.3) is 0 Å². The SMILES string of the molecule is CCC(=O)Nc1cccc(NC(=O)CNc2ccc(NC(=O)CC(C)C)cc2)c1. The first kappa shape index (κ1) is 21.9. The van der Waals surface area contributed by atoms with Gasteiger partial charge in [-0.15, -0.1) is 0 Å². The van der Waals surface area contributed by atoms with Crippen molar-refractivity contribution in [2.75, 3.05) is 27.8 Å². The zero-order valence-corrected chi connectivity index (χ0v) is 17.0. The first-order valence-corrected chi connectivity index (χ1v) is 9.69. The number of carbonyl (C=O) groups is 3. The van der Waals surface area contributed by atoms with E-state index in [1.165, 1.54) is 0 Å². The molecule has 0 fully saturated rings. The number of hydrogen-bond acceptors (Lipinski definition) is 4. The summed E-state index contributed by atoms with van der Waals surface area (Å²) in [5, 5.41) is 11.4. The van der Waals surface area contributed by atoms with E-state index in [0.29, 0.717) is 30.1 Å². The van der Waals surface area contributed by atoms with Crippen molar-refractivity contribution in [1.82, 2.24) is 0 Å². The molecular formula is C22H28N4O3. The van der Waals surface area contributed by atoms with Gasteiger partial charge in [-0.2, -0.15) is 0 Å². The van der Waals surface area contributed by atoms with Crippen molar-refractivity contribution in [3.8, 4) is 0 Å². The molecule has 0 heterocycles. The maximum Gasteiger partial charge on any atom is 0.243 e. The van der Waals surface area contributed by atoms with Crippen LogP contribution in [-0.2, 0) is 14.4 Å². The highest BCUT2D eigenvalue weighted by Gasteiger charge is 2.07. The minimum atomic E-state index is -0.210. The van der Waals surface area contributed by atoms with E-state index in [9.17, 15) is 14.4 Å². The normalized spacial score (nSPS) is 10.3. The Kier molecular flexibility index (Phi) is 8.21. The van der Waals surface area contributed by atoms with E-state index >= 15 is 0 Å². The number of carbonyl (C=O) groups excluding carboxylic acids is 3. The number of anilines is 4. The maximum atomic E-state index is 12.2. The Hall–Kier alpha value is -3.35. The molecule has 0 aliphatic heterocycles. The average Bonchev–Trinajstić information content (AvgIpc) is 2.67. The summed E-state index contributed by atoms with van der Waals surface area (Å²) >= 11 is 0. The van der Waals surface area contributed by atoms with Gasteiger partial charge in [0.05, 0.1) is 6.54 Å². The molecule has 0 saturated heterocycles. The molecule has 3 amide bonds. The highest BCUT2D eigenvalue weighted by atomic mass is 16.2. The summed E-state index contributed by atoms with van der Waals surface area (Å²) in [6.07, 6.45) is 0.865. The fourth-order valence-corrected chi connectivity index (χ4v) is 2.57. The standard InChI is InChI=1S/C22H28N4O3/c1-4-20(27)25-18-6-5-7-19(13-18)26-22(29)14-23-16-8-10-17(11-9-16)24-21(28)12-15(2)3/h5-11,13,15,23H,4,12,14H2,1-3H3,(H,24,28)(H,25,27)(H,26,29). The lowest BCUT2D eigenvalue weighted by Crippen LogP contribution is -2.21. The molecular weight excluding hydrogens is 368 g/mol. The fourth-order valence-electron chi connectivity index (χ4n) is 2.57. The molecule has 2 rings (SSSR count). The highest BCUT2D eigenvalue weighted by Crippen LogP contribution is 2.16. The largest absolute Gasteiger partial charge is 0.376 e. The molecule has 7 nitrogen and oxygen atoms in total. The lowest BCUT2D eigenvalue weighted by Gasteiger charge is -2.11. The van der Waals surface area contributed by atoms with Gasteiger partial charge in [0.2, 0.25) is 17.7 Å². The van der Waals surface area contributed by atoms with Crippen LogP contribution in [0.2, 0.25) is 0 Å². The number of amides is 3. The summed E-state index contributed by atoms with van der Waals surface area (Å²) in [7, 11) is 0. The highest BCUT2D eigenvalue weighted by molar-refractivity contribution is 5.96. The minimum absolute atomic E-state index is 0.0163. The molecule has 29 heavy (non-hydrogen) atoms. The molecule has 0 unspecified atom stereocenters. The summed E-state index contributed by atoms with van der Waals surface area (Å²) in [4.78, 5) is 35.4. The van der Waals surface area contributed by atoms with Crippen LogP contribution in [-0.4, -0.2) is 24.3 Å². The van der Waals surface area contributed by atoms with Crippen LogP contribution >= 0.6 is 0 Å². The van der Waals surface area contributed by atoms with Gasteiger partial charge in [-0.3, -0.25) is 14.4 Å². The quantitative estimate of drug-likeness (QED) is 0.513. The predicted octanol–water partition coefficient (Wildman–Crippen LogP) is 4.07. The molecule has 2 aromatic carbocycles. The van der Waals surface area contributed by atoms with Crippen molar-refractivity contribution in [2.24, 2.45) is 5.92 Å². The first-order chi connectivity index (χ1) is 13.9. The number of rotatable bonds is 9. The van der Waals surface area contributed by atoms with Gasteiger partial charge in [0.25, 0.3) is 0 Å². The number of benzene rings is 2. The molecule has 0 saturated carbocycles. The number of hydrogen-bond donors (Lipinski definition) is 4. The summed E-state index contributed by atoms with van der Waals surface area (Å²) in [5.74, 6) is -0.00669. The van der Waals surface area contributed by atoms with Gasteiger partial charge >= 0.3 is 0 Å². The third kappa shape index (κ3) is 8.04. The van der Waals surface area contributed by atoms with Crippen molar-refractivity contribution >= 4 is 40.5 Å². The van der Waals surface area contributed by atoms with Crippen LogP contribution in [0.5, 0.6) is 0 Å². The maximum absolute atomic E-state index is 12.2. The smallest absolute Gasteiger partial charge is 0.243 e. The van der Waals surface area contributed by atoms with E-state index in [1.54, 1.807) is 55.5 Å². The van der Waals surface area contributed by atoms with E-state index in [2.05, 4.69) is 21.3 Å². The van der Waals surface area contributed by atoms with E-state index in [0.717, 1.165) is 11.4 Å². The lowest BCUT2D eigenvalue weighted by molar-refractivity contribution is -0.117. The van der Waals surface area contributed by atoms with Crippen LogP contribution < -0.4 is 21.3 Å². The van der Waals surface area contributed by atoms with Gasteiger partial charge < -0.3 is 21.3 Å². The molecule has 0 aliphatic carbocycles. The molecule has 4 N–H and O–H groups in total. The minimum Gasteiger partial charge on any atom is -0.376 e. The lowest BCUT2D eigenvalue weighted by atomic mass is 10.1. The van der Waals surface area contributed by atoms with Gasteiger partial charge in [-0.1, -0.05) is 26.8 Å². The van der Waals surface area contributed by atoms with Crippen LogP contribution in [0.4, 0.5) is 22.7 Å². The van der Waals surface area contributed by atoms with Crippen molar-refractivity contribution in [2.45, 2.75) is 33.6 Å². The Bertz CT molecular complexity index is 847. The van der Waals surface area contributed by atoms with Gasteiger partial charge in [0.15, 0.2) is 0 Å². The van der Waals surface area contributed by atoms with Gasteiger partial charge in [0, 0.05) is 35.6 Å². The molecule has 2 aromatic rings. The fraction of sp³-hybridized carbons (Fsp3) is 0.318. The van der Waals surface area contributed by atoms with E-state index in [-0.39, 0.29) is 24.3 Å². The molecule has 0 spiro atoms. The van der Waals surface area contributed by atoms with E-state index in [1.807, 2.05) is 13.8 Å². The average molecular weight is 396 g/mol. The molecule has 0 atom stereocenters. The summed E-state index contributed by atoms with van der Waals surface area (Å²) in [6.45, 7) is 5.85. The van der Waals surface area contributed by atoms with Crippen LogP contribution in [0.15, 0.2) is 48.5 Å². The molecule has 7 heteroatoms. The Morgan fingerprint density at radius 3 is 1.90 bits per heavy atom. The second kappa shape index (κ2) is 10.8. The molecule has 0 bridgehead atoms. The van der Waals surface area contributed by atoms with Gasteiger partial charge in [-0.05, 0) is 48.4 Å². The zero-order chi connectivity index (χ0) is 21.2. The molecule has 0 aliphatic rings. The summed E-state index contributed by atoms with van der Waals surface area (Å²) in [6, 6.07) is 14.2. The van der Waals surface area contributed by atoms with Crippen molar-refractivity contribution in [3.63, 3.8) is 0 Å². The monoisotopic (exact) mass is 396 g/mol. The third-order valence-corrected chi connectivity index (χ3v) is 3.97. The molecule has 154 valence electrons. The Labute approximate surface area is 171 Å². The van der Waals surface area contributed by atoms with Crippen LogP contribution in [0, 0.1) is 5.92 Å². The second-order valence-corrected chi connectivity index (χ2v) is 7.11. The van der Waals surface area contributed by atoms with E-state index < -0.39 is 0 Å². The van der Waals surface area contributed by atoms with Gasteiger partial charge in [0.1, 0.15) is 0 Å². The van der Waals surface area contributed by atoms with Gasteiger partial charge in [-0.25, -0.2) is 0 Å². The van der Waals surface area contributed by atoms with Crippen molar-refractivity contribution < 1.29 is 14.4 Å². The topological polar surface area (TPSA) is 99.3 Å². The first-order valence-electron chi connectivity index (χ1n) is 9.69. The van der Waals surface area contributed by atoms with Crippen LogP contribution in [0.1, 0.15) is 33.6 Å². The summed E-state index contributed by atoms with van der Waals surface area (Å²) < 4.78 is 0. The predicted molar refractivity (Wildman–Crippen MR) is 117 cm³/mol. The van der Waals surface area contributed by atoms with Crippen LogP contribution in [0.3, 0.4) is 0 Å². The van der Waals surface area contributed by atoms with Crippen molar-refractivity contribution in [1.29, 1.82) is 0 Å². The third-order valence-electron chi connectivity index (χ3n) is 3.97. The van der Waals surface area contributed by atoms with E-state index in [4.69, 9.17) is 0 Å². The Morgan fingerprint density at radius 2 is 1.31 bits per heavy atom. The second-order valence-electron chi connectivity index (χ2n) is 7.11. The Morgan fingerprint density at radius 1 is 0.759 bits per heavy atom. The number of nitrogens with one attached hydrogen (secondary N) is 4. The Balaban J connectivity index is 1.82. The van der Waals surface area contributed by atoms with Crippen molar-refractivity contribution in [3.05, 3.63) is 48.5 Å². The molecule has 0 aromatic heterocycles. The zero-order valence-electron chi connectivity index (χ0n) is 17.0.